The van der Waals surface area contributed by atoms with Gasteiger partial charge in [-0.3, -0.25) is 9.59 Å². The van der Waals surface area contributed by atoms with E-state index in [2.05, 4.69) is 5.32 Å². The van der Waals surface area contributed by atoms with Gasteiger partial charge in [0.25, 0.3) is 0 Å². The summed E-state index contributed by atoms with van der Waals surface area (Å²) in [6.45, 7) is 5.48. The van der Waals surface area contributed by atoms with Gasteiger partial charge in [0.05, 0.1) is 5.75 Å². The number of nitrogens with zero attached hydrogens (tertiary/aromatic N) is 1. The summed E-state index contributed by atoms with van der Waals surface area (Å²) in [4.78, 5) is 25.6. The van der Waals surface area contributed by atoms with Crippen molar-refractivity contribution in [2.75, 3.05) is 18.6 Å². The third kappa shape index (κ3) is 4.49. The largest absolute Gasteiger partial charge is 0.342 e. The van der Waals surface area contributed by atoms with Crippen molar-refractivity contribution in [3.05, 3.63) is 0 Å². The lowest BCUT2D eigenvalue weighted by atomic mass is 10.0. The van der Waals surface area contributed by atoms with Crippen LogP contribution in [-0.4, -0.2) is 55.3 Å². The zero-order chi connectivity index (χ0) is 14.8. The zero-order valence-corrected chi connectivity index (χ0v) is 12.7. The first-order valence-electron chi connectivity index (χ1n) is 6.33. The van der Waals surface area contributed by atoms with Crippen LogP contribution in [0.3, 0.4) is 0 Å². The summed E-state index contributed by atoms with van der Waals surface area (Å²) in [7, 11) is -3.03. The number of nitrogens with one attached hydrogen (secondary N) is 1. The molecule has 1 N–H and O–H groups in total. The van der Waals surface area contributed by atoms with E-state index in [0.717, 1.165) is 0 Å². The van der Waals surface area contributed by atoms with Gasteiger partial charge in [-0.05, 0) is 27.2 Å². The molecule has 1 saturated heterocycles. The zero-order valence-electron chi connectivity index (χ0n) is 11.9. The van der Waals surface area contributed by atoms with Crippen LogP contribution in [0.4, 0.5) is 0 Å². The number of carbonyl (C=O) groups excluding carboxylic acids is 2. The van der Waals surface area contributed by atoms with E-state index in [0.29, 0.717) is 13.0 Å². The van der Waals surface area contributed by atoms with Crippen LogP contribution >= 0.6 is 0 Å². The molecule has 110 valence electrons. The molecule has 6 nitrogen and oxygen atoms in total. The summed E-state index contributed by atoms with van der Waals surface area (Å²) in [5.74, 6) is -0.276. The number of hydrogen-bond acceptors (Lipinski definition) is 4. The number of sulfone groups is 1. The van der Waals surface area contributed by atoms with Crippen molar-refractivity contribution in [2.24, 2.45) is 0 Å². The highest BCUT2D eigenvalue weighted by Crippen LogP contribution is 2.18. The third-order valence-corrected chi connectivity index (χ3v) is 4.20. The molecule has 0 aromatic heterocycles. The van der Waals surface area contributed by atoms with E-state index in [1.807, 2.05) is 0 Å². The quantitative estimate of drug-likeness (QED) is 0.786. The molecule has 1 rings (SSSR count). The number of amides is 2. The Morgan fingerprint density at radius 1 is 1.37 bits per heavy atom. The van der Waals surface area contributed by atoms with E-state index in [-0.39, 0.29) is 30.0 Å². The molecule has 0 aromatic carbocycles. The Morgan fingerprint density at radius 3 is 2.47 bits per heavy atom. The predicted molar refractivity (Wildman–Crippen MR) is 72.3 cm³/mol. The Hall–Kier alpha value is -1.11. The number of hydrogen-bond donors (Lipinski definition) is 1. The van der Waals surface area contributed by atoms with Crippen molar-refractivity contribution in [2.45, 2.75) is 45.2 Å². The van der Waals surface area contributed by atoms with Gasteiger partial charge in [-0.1, -0.05) is 0 Å². The van der Waals surface area contributed by atoms with E-state index >= 15 is 0 Å². The molecular formula is C12H22N2O4S. The molecule has 1 aliphatic rings. The van der Waals surface area contributed by atoms with E-state index in [1.165, 1.54) is 6.26 Å². The van der Waals surface area contributed by atoms with Crippen LogP contribution < -0.4 is 5.32 Å². The van der Waals surface area contributed by atoms with Crippen molar-refractivity contribution >= 4 is 21.7 Å². The molecule has 1 atom stereocenters. The standard InChI is InChI=1S/C12H22N2O4S/c1-9-8-10(15)13-12(2,3)11(16)14(9)6-5-7-19(4,17)18/h9H,5-8H2,1-4H3,(H,13,15). The van der Waals surface area contributed by atoms with Crippen LogP contribution in [0, 0.1) is 0 Å². The normalized spacial score (nSPS) is 24.0. The molecule has 19 heavy (non-hydrogen) atoms. The monoisotopic (exact) mass is 290 g/mol. The minimum absolute atomic E-state index is 0.0469. The second-order valence-corrected chi connectivity index (χ2v) is 7.97. The molecule has 2 amide bonds. The maximum absolute atomic E-state index is 12.3. The Kier molecular flexibility index (Phi) is 4.60. The Balaban J connectivity index is 2.78. The second-order valence-electron chi connectivity index (χ2n) is 5.71. The van der Waals surface area contributed by atoms with E-state index in [9.17, 15) is 18.0 Å². The molecule has 0 radical (unpaired) electrons. The molecule has 1 heterocycles. The molecular weight excluding hydrogens is 268 g/mol. The molecule has 0 aliphatic carbocycles. The molecule has 0 spiro atoms. The Morgan fingerprint density at radius 2 is 1.95 bits per heavy atom. The van der Waals surface area contributed by atoms with Crippen molar-refractivity contribution < 1.29 is 18.0 Å². The smallest absolute Gasteiger partial charge is 0.247 e. The van der Waals surface area contributed by atoms with Gasteiger partial charge >= 0.3 is 0 Å². The Bertz CT molecular complexity index is 470. The summed E-state index contributed by atoms with van der Waals surface area (Å²) in [5.41, 5.74) is -0.938. The van der Waals surface area contributed by atoms with Gasteiger partial charge in [-0.25, -0.2) is 8.42 Å². The van der Waals surface area contributed by atoms with Crippen molar-refractivity contribution in [1.82, 2.24) is 10.2 Å². The topological polar surface area (TPSA) is 83.6 Å². The fraction of sp³-hybridized carbons (Fsp3) is 0.833. The van der Waals surface area contributed by atoms with Gasteiger partial charge in [-0.2, -0.15) is 0 Å². The van der Waals surface area contributed by atoms with E-state index in [4.69, 9.17) is 0 Å². The first kappa shape index (κ1) is 15.9. The lowest BCUT2D eigenvalue weighted by molar-refractivity contribution is -0.138. The number of rotatable bonds is 4. The lowest BCUT2D eigenvalue weighted by Crippen LogP contribution is -2.54. The van der Waals surface area contributed by atoms with Crippen LogP contribution in [0.2, 0.25) is 0 Å². The van der Waals surface area contributed by atoms with Gasteiger partial charge in [0.2, 0.25) is 11.8 Å². The average molecular weight is 290 g/mol. The van der Waals surface area contributed by atoms with Gasteiger partial charge in [-0.15, -0.1) is 0 Å². The van der Waals surface area contributed by atoms with Crippen LogP contribution in [0.25, 0.3) is 0 Å². The summed E-state index contributed by atoms with van der Waals surface area (Å²) < 4.78 is 22.2. The van der Waals surface area contributed by atoms with Crippen molar-refractivity contribution in [1.29, 1.82) is 0 Å². The predicted octanol–water partition coefficient (Wildman–Crippen LogP) is -0.0633. The SMILES string of the molecule is CC1CC(=O)NC(C)(C)C(=O)N1CCCS(C)(=O)=O. The summed E-state index contributed by atoms with van der Waals surface area (Å²) in [6.07, 6.45) is 1.81. The van der Waals surface area contributed by atoms with Crippen LogP contribution in [0.5, 0.6) is 0 Å². The average Bonchev–Trinajstić information content (AvgIpc) is 2.25. The van der Waals surface area contributed by atoms with E-state index < -0.39 is 15.4 Å². The molecule has 1 fully saturated rings. The van der Waals surface area contributed by atoms with Gasteiger partial charge in [0.15, 0.2) is 0 Å². The third-order valence-electron chi connectivity index (χ3n) is 3.17. The first-order valence-corrected chi connectivity index (χ1v) is 8.39. The van der Waals surface area contributed by atoms with Crippen LogP contribution in [0.1, 0.15) is 33.6 Å². The van der Waals surface area contributed by atoms with Crippen molar-refractivity contribution in [3.63, 3.8) is 0 Å². The highest BCUT2D eigenvalue weighted by atomic mass is 32.2. The fourth-order valence-corrected chi connectivity index (χ4v) is 2.86. The molecule has 0 aromatic rings. The van der Waals surface area contributed by atoms with Gasteiger partial charge in [0, 0.05) is 25.3 Å². The maximum atomic E-state index is 12.3. The summed E-state index contributed by atoms with van der Waals surface area (Å²) >= 11 is 0. The summed E-state index contributed by atoms with van der Waals surface area (Å²) in [6, 6.07) is -0.214. The van der Waals surface area contributed by atoms with Gasteiger partial charge in [0.1, 0.15) is 15.4 Å². The summed E-state index contributed by atoms with van der Waals surface area (Å²) in [5, 5.41) is 2.69. The highest BCUT2D eigenvalue weighted by Gasteiger charge is 2.39. The minimum Gasteiger partial charge on any atom is -0.342 e. The molecule has 1 aliphatic heterocycles. The fourth-order valence-electron chi connectivity index (χ4n) is 2.21. The first-order chi connectivity index (χ1) is 8.53. The van der Waals surface area contributed by atoms with Gasteiger partial charge < -0.3 is 10.2 Å². The minimum atomic E-state index is -3.03. The maximum Gasteiger partial charge on any atom is 0.247 e. The Labute approximate surface area is 114 Å². The number of carbonyl (C=O) groups is 2. The van der Waals surface area contributed by atoms with Crippen LogP contribution in [-0.2, 0) is 19.4 Å². The van der Waals surface area contributed by atoms with E-state index in [1.54, 1.807) is 25.7 Å². The molecule has 7 heteroatoms. The molecule has 0 bridgehead atoms. The molecule has 0 saturated carbocycles. The lowest BCUT2D eigenvalue weighted by Gasteiger charge is -2.32. The second kappa shape index (κ2) is 5.48. The van der Waals surface area contributed by atoms with Crippen LogP contribution in [0.15, 0.2) is 0 Å². The molecule has 1 unspecified atom stereocenters. The van der Waals surface area contributed by atoms with Crippen molar-refractivity contribution in [3.8, 4) is 0 Å². The highest BCUT2D eigenvalue weighted by molar-refractivity contribution is 7.90.